The van der Waals surface area contributed by atoms with Crippen LogP contribution in [0.2, 0.25) is 0 Å². The zero-order valence-corrected chi connectivity index (χ0v) is 24.9. The summed E-state index contributed by atoms with van der Waals surface area (Å²) in [5, 5.41) is 22.6. The number of aromatic nitrogens is 2. The molecule has 0 saturated carbocycles. The van der Waals surface area contributed by atoms with Crippen LogP contribution in [-0.4, -0.2) is 37.9 Å². The lowest BCUT2D eigenvalue weighted by atomic mass is 9.98. The number of alkyl halides is 6. The standard InChI is InChI=1S/C17H11F3N2O3.C17H11F3N2O2/c18-17(19,20)16(10-25-16)14-9-21(11-4-2-1-3-5-11)15-8-12(22(23)24)6-7-13(14)15;1-11(17(18,19)20)15-10-21(12-5-3-2-4-6-12)16-9-13(22(23)24)7-8-14(15)16/h1-9H,10H2;2-10H,1H2. The summed E-state index contributed by atoms with van der Waals surface area (Å²) in [6.07, 6.45) is -6.49. The maximum absolute atomic E-state index is 13.5. The summed E-state index contributed by atoms with van der Waals surface area (Å²) in [4.78, 5) is 20.9. The minimum atomic E-state index is -4.59. The molecule has 2 aromatic heterocycles. The van der Waals surface area contributed by atoms with Gasteiger partial charge < -0.3 is 13.9 Å². The Hall–Kier alpha value is -5.96. The van der Waals surface area contributed by atoms with Crippen LogP contribution in [0.15, 0.2) is 116 Å². The second kappa shape index (κ2) is 11.9. The summed E-state index contributed by atoms with van der Waals surface area (Å²) in [7, 11) is 0. The number of epoxide rings is 1. The van der Waals surface area contributed by atoms with Crippen molar-refractivity contribution in [1.29, 1.82) is 0 Å². The Kier molecular flexibility index (Phi) is 8.02. The number of nitro groups is 2. The van der Waals surface area contributed by atoms with E-state index in [9.17, 15) is 46.6 Å². The molecule has 4 aromatic carbocycles. The van der Waals surface area contributed by atoms with Crippen LogP contribution in [-0.2, 0) is 10.3 Å². The third-order valence-corrected chi connectivity index (χ3v) is 8.06. The van der Waals surface area contributed by atoms with Crippen LogP contribution < -0.4 is 0 Å². The number of rotatable bonds is 6. The first-order chi connectivity index (χ1) is 23.1. The highest BCUT2D eigenvalue weighted by Crippen LogP contribution is 2.54. The third kappa shape index (κ3) is 5.99. The first kappa shape index (κ1) is 33.0. The lowest BCUT2D eigenvalue weighted by Crippen LogP contribution is -2.30. The predicted octanol–water partition coefficient (Wildman–Crippen LogP) is 9.44. The van der Waals surface area contributed by atoms with Crippen LogP contribution in [0.25, 0.3) is 38.8 Å². The molecule has 7 rings (SSSR count). The molecule has 1 aliphatic heterocycles. The number of ether oxygens (including phenoxy) is 1. The maximum atomic E-state index is 13.5. The highest BCUT2D eigenvalue weighted by atomic mass is 19.4. The number of para-hydroxylation sites is 2. The minimum Gasteiger partial charge on any atom is -0.355 e. The lowest BCUT2D eigenvalue weighted by molar-refractivity contribution is -0.384. The van der Waals surface area contributed by atoms with Crippen LogP contribution in [0.3, 0.4) is 0 Å². The van der Waals surface area contributed by atoms with Crippen molar-refractivity contribution in [3.05, 3.63) is 147 Å². The molecule has 15 heteroatoms. The highest BCUT2D eigenvalue weighted by Gasteiger charge is 2.68. The molecule has 1 unspecified atom stereocenters. The minimum absolute atomic E-state index is 0.0336. The molecule has 9 nitrogen and oxygen atoms in total. The van der Waals surface area contributed by atoms with Gasteiger partial charge >= 0.3 is 12.4 Å². The molecule has 1 fully saturated rings. The molecule has 250 valence electrons. The van der Waals surface area contributed by atoms with Crippen molar-refractivity contribution in [2.75, 3.05) is 6.61 Å². The number of hydrogen-bond acceptors (Lipinski definition) is 5. The Bertz CT molecular complexity index is 2240. The van der Waals surface area contributed by atoms with Crippen molar-refractivity contribution >= 4 is 38.8 Å². The zero-order chi connectivity index (χ0) is 35.3. The van der Waals surface area contributed by atoms with Crippen molar-refractivity contribution < 1.29 is 40.9 Å². The molecular weight excluding hydrogens is 658 g/mol. The number of allylic oxidation sites excluding steroid dienone is 1. The molecule has 49 heavy (non-hydrogen) atoms. The number of non-ortho nitro benzene ring substituents is 2. The highest BCUT2D eigenvalue weighted by molar-refractivity contribution is 5.96. The Balaban J connectivity index is 0.000000170. The lowest BCUT2D eigenvalue weighted by Gasteiger charge is -2.15. The van der Waals surface area contributed by atoms with Gasteiger partial charge in [0.1, 0.15) is 0 Å². The average Bonchev–Trinajstić information content (AvgIpc) is 3.68. The van der Waals surface area contributed by atoms with Crippen LogP contribution in [0.5, 0.6) is 0 Å². The summed E-state index contributed by atoms with van der Waals surface area (Å²) >= 11 is 0. The molecule has 0 amide bonds. The molecule has 0 aliphatic carbocycles. The smallest absolute Gasteiger partial charge is 0.355 e. The van der Waals surface area contributed by atoms with Gasteiger partial charge in [-0.05, 0) is 36.4 Å². The Morgan fingerprint density at radius 2 is 1.16 bits per heavy atom. The van der Waals surface area contributed by atoms with Crippen LogP contribution in [0, 0.1) is 20.2 Å². The molecule has 1 atom stereocenters. The SMILES string of the molecule is C=C(c1cn(-c2ccccc2)c2cc([N+](=O)[O-])ccc12)C(F)(F)F.O=[N+]([O-])c1ccc2c(C3(C(F)(F)F)CO3)cn(-c3ccccc3)c2c1. The van der Waals surface area contributed by atoms with Crippen molar-refractivity contribution in [2.24, 2.45) is 0 Å². The molecular formula is C34H22F6N4O5. The number of fused-ring (bicyclic) bond motifs is 2. The van der Waals surface area contributed by atoms with Crippen molar-refractivity contribution in [1.82, 2.24) is 9.13 Å². The molecule has 1 aliphatic rings. The van der Waals surface area contributed by atoms with Gasteiger partial charge in [-0.1, -0.05) is 43.0 Å². The molecule has 6 aromatic rings. The van der Waals surface area contributed by atoms with Gasteiger partial charge in [-0.2, -0.15) is 26.3 Å². The zero-order valence-electron chi connectivity index (χ0n) is 24.9. The summed E-state index contributed by atoms with van der Waals surface area (Å²) < 4.78 is 87.5. The Labute approximate surface area is 272 Å². The second-order valence-electron chi connectivity index (χ2n) is 11.0. The maximum Gasteiger partial charge on any atom is 0.424 e. The molecule has 0 spiro atoms. The van der Waals surface area contributed by atoms with E-state index in [1.54, 1.807) is 60.7 Å². The van der Waals surface area contributed by atoms with Crippen molar-refractivity contribution in [2.45, 2.75) is 18.0 Å². The fraction of sp³-hybridized carbons (Fsp3) is 0.118. The van der Waals surface area contributed by atoms with E-state index in [-0.39, 0.29) is 33.3 Å². The normalized spacial score (nSPS) is 15.9. The average molecular weight is 681 g/mol. The number of nitrogens with zero attached hydrogens (tertiary/aromatic N) is 4. The van der Waals surface area contributed by atoms with E-state index in [2.05, 4.69) is 6.58 Å². The van der Waals surface area contributed by atoms with Crippen LogP contribution in [0.4, 0.5) is 37.7 Å². The molecule has 0 bridgehead atoms. The van der Waals surface area contributed by atoms with E-state index < -0.39 is 40.0 Å². The van der Waals surface area contributed by atoms with Gasteiger partial charge in [-0.15, -0.1) is 0 Å². The Morgan fingerprint density at radius 3 is 1.59 bits per heavy atom. The van der Waals surface area contributed by atoms with Crippen molar-refractivity contribution in [3.8, 4) is 11.4 Å². The molecule has 0 radical (unpaired) electrons. The van der Waals surface area contributed by atoms with E-state index >= 15 is 0 Å². The van der Waals surface area contributed by atoms with E-state index in [0.29, 0.717) is 22.4 Å². The van der Waals surface area contributed by atoms with E-state index in [0.717, 1.165) is 0 Å². The summed E-state index contributed by atoms with van der Waals surface area (Å²) in [6, 6.07) is 24.9. The first-order valence-corrected chi connectivity index (χ1v) is 14.3. The van der Waals surface area contributed by atoms with E-state index in [1.807, 2.05) is 0 Å². The Morgan fingerprint density at radius 1 is 0.714 bits per heavy atom. The first-order valence-electron chi connectivity index (χ1n) is 14.3. The third-order valence-electron chi connectivity index (χ3n) is 8.06. The van der Waals surface area contributed by atoms with Crippen LogP contribution in [0.1, 0.15) is 11.1 Å². The second-order valence-corrected chi connectivity index (χ2v) is 11.0. The fourth-order valence-electron chi connectivity index (χ4n) is 5.52. The van der Waals surface area contributed by atoms with Gasteiger partial charge in [0.15, 0.2) is 0 Å². The summed E-state index contributed by atoms with van der Waals surface area (Å²) in [6.45, 7) is 2.68. The van der Waals surface area contributed by atoms with Gasteiger partial charge in [0.2, 0.25) is 5.60 Å². The quantitative estimate of drug-likeness (QED) is 0.0754. The monoisotopic (exact) mass is 680 g/mol. The number of nitro benzene ring substituents is 2. The number of benzene rings is 4. The summed E-state index contributed by atoms with van der Waals surface area (Å²) in [5.74, 6) is 0. The van der Waals surface area contributed by atoms with Gasteiger partial charge in [-0.3, -0.25) is 20.2 Å². The predicted molar refractivity (Wildman–Crippen MR) is 169 cm³/mol. The molecule has 1 saturated heterocycles. The van der Waals surface area contributed by atoms with Crippen molar-refractivity contribution in [3.63, 3.8) is 0 Å². The largest absolute Gasteiger partial charge is 0.424 e. The van der Waals surface area contributed by atoms with Gasteiger partial charge in [-0.25, -0.2) is 0 Å². The summed E-state index contributed by atoms with van der Waals surface area (Å²) in [5.41, 5.74) is -2.00. The molecule has 0 N–H and O–H groups in total. The van der Waals surface area contributed by atoms with E-state index in [4.69, 9.17) is 4.74 Å². The number of hydrogen-bond donors (Lipinski definition) is 0. The van der Waals surface area contributed by atoms with E-state index in [1.165, 1.54) is 57.9 Å². The molecule has 3 heterocycles. The van der Waals surface area contributed by atoms with Gasteiger partial charge in [0, 0.05) is 69.9 Å². The number of halogens is 6. The van der Waals surface area contributed by atoms with Gasteiger partial charge in [0.25, 0.3) is 11.4 Å². The topological polar surface area (TPSA) is 109 Å². The van der Waals surface area contributed by atoms with Crippen LogP contribution >= 0.6 is 0 Å². The van der Waals surface area contributed by atoms with Gasteiger partial charge in [0.05, 0.1) is 33.1 Å². The fourth-order valence-corrected chi connectivity index (χ4v) is 5.52.